The molecule has 0 aromatic rings. The number of aliphatic hydroxyl groups is 1. The monoisotopic (exact) mass is 164 g/mol. The first kappa shape index (κ1) is 8.29. The Labute approximate surface area is 64.1 Å². The fourth-order valence-electron chi connectivity index (χ4n) is 0.644. The van der Waals surface area contributed by atoms with Crippen molar-refractivity contribution in [2.24, 2.45) is 5.73 Å². The molecule has 0 radical (unpaired) electrons. The minimum atomic E-state index is -1.23. The van der Waals surface area contributed by atoms with Crippen molar-refractivity contribution in [3.05, 3.63) is 0 Å². The van der Waals surface area contributed by atoms with Gasteiger partial charge in [-0.15, -0.1) is 5.48 Å². The van der Waals surface area contributed by atoms with Crippen molar-refractivity contribution in [1.29, 1.82) is 0 Å². The molecule has 0 bridgehead atoms. The van der Waals surface area contributed by atoms with Gasteiger partial charge < -0.3 is 10.8 Å². The Balaban J connectivity index is 2.15. The molecule has 0 aromatic carbocycles. The quantitative estimate of drug-likeness (QED) is 0.476. The fourth-order valence-corrected chi connectivity index (χ4v) is 1.13. The highest BCUT2D eigenvalue weighted by Crippen LogP contribution is 2.21. The molecule has 2 atom stereocenters. The van der Waals surface area contributed by atoms with Crippen LogP contribution in [0.4, 0.5) is 0 Å². The second-order valence-electron chi connectivity index (χ2n) is 2.29. The molecule has 1 fully saturated rings. The van der Waals surface area contributed by atoms with Crippen LogP contribution in [0.2, 0.25) is 0 Å². The first-order chi connectivity index (χ1) is 4.69. The van der Waals surface area contributed by atoms with E-state index in [-0.39, 0.29) is 6.04 Å². The maximum Gasteiger partial charge on any atom is 0.280 e. The summed E-state index contributed by atoms with van der Waals surface area (Å²) in [5, 5.41) is 9.16. The van der Waals surface area contributed by atoms with Crippen molar-refractivity contribution >= 4 is 11.8 Å². The molecular weight excluding hydrogens is 152 g/mol. The van der Waals surface area contributed by atoms with Gasteiger partial charge in [0.1, 0.15) is 0 Å². The number of rotatable bonds is 4. The van der Waals surface area contributed by atoms with Crippen molar-refractivity contribution in [3.63, 3.8) is 0 Å². The SMILES string of the molecule is CSCC[C@H](N)C1(O)NO1. The Hall–Kier alpha value is 0.190. The maximum absolute atomic E-state index is 9.16. The predicted octanol–water partition coefficient (Wildman–Crippen LogP) is -0.752. The third-order valence-corrected chi connectivity index (χ3v) is 2.09. The van der Waals surface area contributed by atoms with Crippen LogP contribution < -0.4 is 11.2 Å². The van der Waals surface area contributed by atoms with Crippen LogP contribution in [0.25, 0.3) is 0 Å². The average Bonchev–Trinajstić information content (AvgIpc) is 2.64. The molecule has 1 rings (SSSR count). The molecule has 60 valence electrons. The third kappa shape index (κ3) is 1.83. The van der Waals surface area contributed by atoms with Crippen LogP contribution in [0.1, 0.15) is 6.42 Å². The van der Waals surface area contributed by atoms with Crippen LogP contribution in [0.5, 0.6) is 0 Å². The van der Waals surface area contributed by atoms with Gasteiger partial charge in [-0.2, -0.15) is 11.8 Å². The Kier molecular flexibility index (Phi) is 2.54. The lowest BCUT2D eigenvalue weighted by Gasteiger charge is -2.10. The van der Waals surface area contributed by atoms with E-state index in [0.717, 1.165) is 12.2 Å². The number of nitrogens with two attached hydrogens (primary N) is 1. The van der Waals surface area contributed by atoms with E-state index in [9.17, 15) is 0 Å². The van der Waals surface area contributed by atoms with Crippen molar-refractivity contribution in [2.45, 2.75) is 18.4 Å². The molecule has 0 aliphatic carbocycles. The van der Waals surface area contributed by atoms with E-state index >= 15 is 0 Å². The largest absolute Gasteiger partial charge is 0.349 e. The van der Waals surface area contributed by atoms with E-state index in [4.69, 9.17) is 10.8 Å². The van der Waals surface area contributed by atoms with E-state index in [2.05, 4.69) is 10.3 Å². The lowest BCUT2D eigenvalue weighted by atomic mass is 10.2. The molecule has 5 heteroatoms. The van der Waals surface area contributed by atoms with E-state index < -0.39 is 5.91 Å². The van der Waals surface area contributed by atoms with Gasteiger partial charge in [-0.05, 0) is 18.4 Å². The number of hydrogen-bond acceptors (Lipinski definition) is 5. The summed E-state index contributed by atoms with van der Waals surface area (Å²) >= 11 is 1.70. The van der Waals surface area contributed by atoms with Crippen LogP contribution in [0.15, 0.2) is 0 Å². The molecular formula is C5H12N2O2S. The fraction of sp³-hybridized carbons (Fsp3) is 1.00. The molecule has 0 amide bonds. The van der Waals surface area contributed by atoms with E-state index in [0.29, 0.717) is 0 Å². The summed E-state index contributed by atoms with van der Waals surface area (Å²) in [5.41, 5.74) is 7.89. The highest BCUT2D eigenvalue weighted by molar-refractivity contribution is 7.98. The summed E-state index contributed by atoms with van der Waals surface area (Å²) in [6.07, 6.45) is 2.75. The van der Waals surface area contributed by atoms with Crippen LogP contribution in [-0.2, 0) is 4.84 Å². The van der Waals surface area contributed by atoms with Gasteiger partial charge in [0.05, 0.1) is 6.04 Å². The number of thioether (sulfide) groups is 1. The lowest BCUT2D eigenvalue weighted by Crippen LogP contribution is -2.40. The maximum atomic E-state index is 9.16. The molecule has 10 heavy (non-hydrogen) atoms. The highest BCUT2D eigenvalue weighted by Gasteiger charge is 2.48. The Morgan fingerprint density at radius 1 is 1.90 bits per heavy atom. The Morgan fingerprint density at radius 2 is 2.50 bits per heavy atom. The highest BCUT2D eigenvalue weighted by atomic mass is 32.2. The van der Waals surface area contributed by atoms with Gasteiger partial charge in [-0.25, -0.2) is 4.84 Å². The first-order valence-corrected chi connectivity index (χ1v) is 4.50. The molecule has 4 N–H and O–H groups in total. The van der Waals surface area contributed by atoms with E-state index in [1.165, 1.54) is 0 Å². The molecule has 1 aliphatic heterocycles. The molecule has 1 aliphatic rings. The zero-order valence-electron chi connectivity index (χ0n) is 5.83. The number of hydroxylamine groups is 1. The second-order valence-corrected chi connectivity index (χ2v) is 3.27. The van der Waals surface area contributed by atoms with Crippen molar-refractivity contribution in [2.75, 3.05) is 12.0 Å². The minimum Gasteiger partial charge on any atom is -0.349 e. The number of nitrogens with one attached hydrogen (secondary N) is 1. The van der Waals surface area contributed by atoms with Crippen molar-refractivity contribution in [3.8, 4) is 0 Å². The zero-order valence-corrected chi connectivity index (χ0v) is 6.65. The summed E-state index contributed by atoms with van der Waals surface area (Å²) in [4.78, 5) is 4.53. The lowest BCUT2D eigenvalue weighted by molar-refractivity contribution is 0.0119. The molecule has 1 heterocycles. The van der Waals surface area contributed by atoms with Gasteiger partial charge in [0.25, 0.3) is 5.91 Å². The number of hydrogen-bond donors (Lipinski definition) is 3. The summed E-state index contributed by atoms with van der Waals surface area (Å²) in [6, 6.07) is -0.319. The predicted molar refractivity (Wildman–Crippen MR) is 40.1 cm³/mol. The summed E-state index contributed by atoms with van der Waals surface area (Å²) < 4.78 is 0. The molecule has 1 unspecified atom stereocenters. The molecule has 1 saturated heterocycles. The Morgan fingerprint density at radius 3 is 2.90 bits per heavy atom. The summed E-state index contributed by atoms with van der Waals surface area (Å²) in [7, 11) is 0. The van der Waals surface area contributed by atoms with Crippen LogP contribution >= 0.6 is 11.8 Å². The van der Waals surface area contributed by atoms with Gasteiger partial charge in [-0.3, -0.25) is 0 Å². The third-order valence-electron chi connectivity index (χ3n) is 1.45. The molecule has 0 aromatic heterocycles. The normalized spacial score (nSPS) is 33.9. The molecule has 0 saturated carbocycles. The average molecular weight is 164 g/mol. The summed E-state index contributed by atoms with van der Waals surface area (Å²) in [5.74, 6) is -0.287. The first-order valence-electron chi connectivity index (χ1n) is 3.11. The van der Waals surface area contributed by atoms with Crippen LogP contribution in [0.3, 0.4) is 0 Å². The van der Waals surface area contributed by atoms with E-state index in [1.807, 2.05) is 6.26 Å². The van der Waals surface area contributed by atoms with Crippen LogP contribution in [0, 0.1) is 0 Å². The van der Waals surface area contributed by atoms with Crippen LogP contribution in [-0.4, -0.2) is 29.1 Å². The van der Waals surface area contributed by atoms with Gasteiger partial charge in [0.2, 0.25) is 0 Å². The zero-order chi connectivity index (χ0) is 7.61. The molecule has 4 nitrogen and oxygen atoms in total. The van der Waals surface area contributed by atoms with Crippen molar-refractivity contribution in [1.82, 2.24) is 5.48 Å². The topological polar surface area (TPSA) is 80.7 Å². The standard InChI is InChI=1S/C5H12N2O2S/c1-10-3-2-4(6)5(8)7-9-5/h4,7-8H,2-3,6H2,1H3/t4-,5?/m0/s1. The Bertz CT molecular complexity index is 118. The smallest absolute Gasteiger partial charge is 0.280 e. The second kappa shape index (κ2) is 3.06. The van der Waals surface area contributed by atoms with Gasteiger partial charge in [0, 0.05) is 0 Å². The van der Waals surface area contributed by atoms with Gasteiger partial charge >= 0.3 is 0 Å². The van der Waals surface area contributed by atoms with E-state index in [1.54, 1.807) is 11.8 Å². The summed E-state index contributed by atoms with van der Waals surface area (Å²) in [6.45, 7) is 0. The molecule has 0 spiro atoms. The van der Waals surface area contributed by atoms with Gasteiger partial charge in [-0.1, -0.05) is 0 Å². The minimum absolute atomic E-state index is 0.319. The van der Waals surface area contributed by atoms with Gasteiger partial charge in [0.15, 0.2) is 0 Å². The van der Waals surface area contributed by atoms with Crippen molar-refractivity contribution < 1.29 is 9.94 Å².